The first-order chi connectivity index (χ1) is 12.5. The van der Waals surface area contributed by atoms with Crippen molar-refractivity contribution in [3.8, 4) is 0 Å². The molecule has 0 bridgehead atoms. The fraction of sp³-hybridized carbons (Fsp3) is 0.583. The summed E-state index contributed by atoms with van der Waals surface area (Å²) in [5, 5.41) is 11.1. The molecule has 1 heterocycles. The Bertz CT molecular complexity index is 702. The minimum Gasteiger partial charge on any atom is -0.393 e. The molecule has 3 N–H and O–H groups in total. The van der Waals surface area contributed by atoms with Crippen molar-refractivity contribution in [1.29, 1.82) is 0 Å². The molecule has 150 valence electrons. The van der Waals surface area contributed by atoms with Gasteiger partial charge in [-0.2, -0.15) is 0 Å². The van der Waals surface area contributed by atoms with E-state index in [1.54, 1.807) is 0 Å². The van der Waals surface area contributed by atoms with Gasteiger partial charge < -0.3 is 10.8 Å². The fourth-order valence-corrected chi connectivity index (χ4v) is 5.08. The number of benzene rings is 1. The van der Waals surface area contributed by atoms with Crippen molar-refractivity contribution in [3.63, 3.8) is 0 Å². The number of thiophene rings is 1. The van der Waals surface area contributed by atoms with E-state index < -0.39 is 6.10 Å². The Morgan fingerprint density at radius 2 is 1.52 bits per heavy atom. The zero-order valence-electron chi connectivity index (χ0n) is 17.8. The molecule has 0 radical (unpaired) electrons. The van der Waals surface area contributed by atoms with Gasteiger partial charge in [-0.25, -0.2) is 0 Å². The van der Waals surface area contributed by atoms with E-state index in [1.165, 1.54) is 9.75 Å². The van der Waals surface area contributed by atoms with Gasteiger partial charge in [-0.1, -0.05) is 71.9 Å². The van der Waals surface area contributed by atoms with Gasteiger partial charge in [0, 0.05) is 15.8 Å². The smallest absolute Gasteiger partial charge is 0.0600 e. The lowest BCUT2D eigenvalue weighted by molar-refractivity contribution is 0.00812. The SMILES string of the molecule is CC(C)Cc1ccc(CC(C)(C)C(O)CC(C)(C)C(N)c2ccccc2)s1. The van der Waals surface area contributed by atoms with E-state index in [9.17, 15) is 5.11 Å². The molecule has 1 aromatic carbocycles. The number of aliphatic hydroxyl groups is 1. The van der Waals surface area contributed by atoms with E-state index in [0.29, 0.717) is 12.3 Å². The fourth-order valence-electron chi connectivity index (χ4n) is 3.61. The molecule has 2 atom stereocenters. The van der Waals surface area contributed by atoms with E-state index >= 15 is 0 Å². The van der Waals surface area contributed by atoms with Crippen LogP contribution >= 0.6 is 11.3 Å². The highest BCUT2D eigenvalue weighted by Crippen LogP contribution is 2.40. The van der Waals surface area contributed by atoms with E-state index in [4.69, 9.17) is 5.73 Å². The van der Waals surface area contributed by atoms with Crippen LogP contribution in [0, 0.1) is 16.7 Å². The maximum atomic E-state index is 11.1. The molecule has 2 aromatic rings. The normalized spacial score (nSPS) is 15.1. The highest BCUT2D eigenvalue weighted by molar-refractivity contribution is 7.12. The molecule has 2 unspecified atom stereocenters. The van der Waals surface area contributed by atoms with E-state index in [0.717, 1.165) is 18.4 Å². The largest absolute Gasteiger partial charge is 0.393 e. The summed E-state index contributed by atoms with van der Waals surface area (Å²) in [6.07, 6.45) is 2.30. The number of hydrogen-bond donors (Lipinski definition) is 2. The topological polar surface area (TPSA) is 46.2 Å². The molecule has 0 aliphatic carbocycles. The van der Waals surface area contributed by atoms with Gasteiger partial charge in [0.25, 0.3) is 0 Å². The molecule has 0 saturated heterocycles. The van der Waals surface area contributed by atoms with Crippen LogP contribution in [-0.4, -0.2) is 11.2 Å². The summed E-state index contributed by atoms with van der Waals surface area (Å²) in [6.45, 7) is 13.2. The van der Waals surface area contributed by atoms with Crippen molar-refractivity contribution in [2.75, 3.05) is 0 Å². The summed E-state index contributed by atoms with van der Waals surface area (Å²) in [7, 11) is 0. The van der Waals surface area contributed by atoms with Crippen LogP contribution in [0.25, 0.3) is 0 Å². The maximum absolute atomic E-state index is 11.1. The summed E-state index contributed by atoms with van der Waals surface area (Å²) < 4.78 is 0. The molecular formula is C24H37NOS. The standard InChI is InChI=1S/C24H37NOS/c1-17(2)14-19-12-13-20(27-19)15-23(3,4)21(26)16-24(5,6)22(25)18-10-8-7-9-11-18/h7-13,17,21-22,26H,14-16,25H2,1-6H3. The number of hydrogen-bond acceptors (Lipinski definition) is 3. The number of rotatable bonds is 9. The molecule has 0 saturated carbocycles. The molecule has 3 heteroatoms. The second-order valence-electron chi connectivity index (χ2n) is 9.73. The van der Waals surface area contributed by atoms with E-state index in [1.807, 2.05) is 29.5 Å². The summed E-state index contributed by atoms with van der Waals surface area (Å²) in [5.41, 5.74) is 7.32. The van der Waals surface area contributed by atoms with Crippen molar-refractivity contribution in [2.24, 2.45) is 22.5 Å². The van der Waals surface area contributed by atoms with Crippen LogP contribution in [0.1, 0.15) is 69.3 Å². The lowest BCUT2D eigenvalue weighted by atomic mass is 9.70. The van der Waals surface area contributed by atoms with Crippen LogP contribution in [0.15, 0.2) is 42.5 Å². The monoisotopic (exact) mass is 387 g/mol. The Balaban J connectivity index is 2.03. The second kappa shape index (κ2) is 8.89. The van der Waals surface area contributed by atoms with Crippen LogP contribution < -0.4 is 5.73 Å². The van der Waals surface area contributed by atoms with Crippen molar-refractivity contribution >= 4 is 11.3 Å². The lowest BCUT2D eigenvalue weighted by Crippen LogP contribution is -2.39. The summed E-state index contributed by atoms with van der Waals surface area (Å²) in [4.78, 5) is 2.80. The Morgan fingerprint density at radius 3 is 2.11 bits per heavy atom. The van der Waals surface area contributed by atoms with E-state index in [-0.39, 0.29) is 16.9 Å². The van der Waals surface area contributed by atoms with Crippen LogP contribution in [0.5, 0.6) is 0 Å². The van der Waals surface area contributed by atoms with Crippen molar-refractivity contribution in [1.82, 2.24) is 0 Å². The molecule has 1 aromatic heterocycles. The molecule has 0 fully saturated rings. The minimum atomic E-state index is -0.405. The second-order valence-corrected chi connectivity index (χ2v) is 11.0. The molecule has 0 aliphatic rings. The van der Waals surface area contributed by atoms with Crippen molar-refractivity contribution < 1.29 is 5.11 Å². The molecule has 0 spiro atoms. The Labute approximate surface area is 169 Å². The minimum absolute atomic E-state index is 0.0940. The Kier molecular flexibility index (Phi) is 7.29. The third kappa shape index (κ3) is 6.17. The van der Waals surface area contributed by atoms with Crippen LogP contribution in [0.2, 0.25) is 0 Å². The average Bonchev–Trinajstić information content (AvgIpc) is 2.99. The van der Waals surface area contributed by atoms with Crippen LogP contribution in [0.3, 0.4) is 0 Å². The lowest BCUT2D eigenvalue weighted by Gasteiger charge is -2.39. The molecule has 2 nitrogen and oxygen atoms in total. The Morgan fingerprint density at radius 1 is 0.926 bits per heavy atom. The van der Waals surface area contributed by atoms with Crippen LogP contribution in [0.4, 0.5) is 0 Å². The third-order valence-corrected chi connectivity index (χ3v) is 6.69. The van der Waals surface area contributed by atoms with Gasteiger partial charge in [-0.3, -0.25) is 0 Å². The molecular weight excluding hydrogens is 350 g/mol. The molecule has 0 aliphatic heterocycles. The molecule has 2 rings (SSSR count). The zero-order chi connectivity index (χ0) is 20.2. The highest BCUT2D eigenvalue weighted by atomic mass is 32.1. The highest BCUT2D eigenvalue weighted by Gasteiger charge is 2.36. The van der Waals surface area contributed by atoms with Gasteiger partial charge in [-0.15, -0.1) is 11.3 Å². The average molecular weight is 388 g/mol. The Hall–Kier alpha value is -1.16. The predicted molar refractivity (Wildman–Crippen MR) is 118 cm³/mol. The summed E-state index contributed by atoms with van der Waals surface area (Å²) in [5.74, 6) is 0.676. The van der Waals surface area contributed by atoms with Gasteiger partial charge in [0.1, 0.15) is 0 Å². The molecule has 27 heavy (non-hydrogen) atoms. The van der Waals surface area contributed by atoms with Crippen molar-refractivity contribution in [2.45, 2.75) is 73.0 Å². The summed E-state index contributed by atoms with van der Waals surface area (Å²) >= 11 is 1.89. The number of aliphatic hydroxyl groups excluding tert-OH is 1. The van der Waals surface area contributed by atoms with E-state index in [2.05, 4.69) is 65.8 Å². The predicted octanol–water partition coefficient (Wildman–Crippen LogP) is 5.99. The first kappa shape index (κ1) is 22.1. The zero-order valence-corrected chi connectivity index (χ0v) is 18.6. The first-order valence-electron chi connectivity index (χ1n) is 10.1. The van der Waals surface area contributed by atoms with Gasteiger partial charge in [0.15, 0.2) is 0 Å². The van der Waals surface area contributed by atoms with Gasteiger partial charge in [0.05, 0.1) is 6.10 Å². The number of nitrogens with two attached hydrogens (primary N) is 1. The first-order valence-corrected chi connectivity index (χ1v) is 10.9. The third-order valence-electron chi connectivity index (χ3n) is 5.58. The van der Waals surface area contributed by atoms with Gasteiger partial charge in [-0.05, 0) is 53.7 Å². The summed E-state index contributed by atoms with van der Waals surface area (Å²) in [6, 6.07) is 14.6. The van der Waals surface area contributed by atoms with Gasteiger partial charge in [0.2, 0.25) is 0 Å². The van der Waals surface area contributed by atoms with Crippen molar-refractivity contribution in [3.05, 3.63) is 57.8 Å². The molecule has 0 amide bonds. The van der Waals surface area contributed by atoms with Crippen LogP contribution in [-0.2, 0) is 12.8 Å². The van der Waals surface area contributed by atoms with Gasteiger partial charge >= 0.3 is 0 Å². The maximum Gasteiger partial charge on any atom is 0.0600 e. The quantitative estimate of drug-likeness (QED) is 0.555.